The summed E-state index contributed by atoms with van der Waals surface area (Å²) in [5.74, 6) is 0.853. The summed E-state index contributed by atoms with van der Waals surface area (Å²) in [5, 5.41) is 12.1. The fourth-order valence-electron chi connectivity index (χ4n) is 1.19. The topological polar surface area (TPSA) is 45.1 Å². The van der Waals surface area contributed by atoms with Gasteiger partial charge in [0, 0.05) is 12.2 Å². The number of nitrogens with zero attached hydrogens (tertiary/aromatic N) is 1. The van der Waals surface area contributed by atoms with Crippen molar-refractivity contribution in [1.82, 2.24) is 4.98 Å². The summed E-state index contributed by atoms with van der Waals surface area (Å²) in [6.07, 6.45) is 0.895. The summed E-state index contributed by atoms with van der Waals surface area (Å²) in [6.45, 7) is 5.01. The molecule has 0 aliphatic heterocycles. The molecule has 0 radical (unpaired) electrons. The highest BCUT2D eigenvalue weighted by Gasteiger charge is 1.99. The highest BCUT2D eigenvalue weighted by atomic mass is 16.3. The van der Waals surface area contributed by atoms with Gasteiger partial charge in [-0.15, -0.1) is 0 Å². The number of aromatic nitrogens is 1. The van der Waals surface area contributed by atoms with Gasteiger partial charge in [-0.25, -0.2) is 4.98 Å². The Balaban J connectivity index is 2.93. The van der Waals surface area contributed by atoms with Gasteiger partial charge in [0.15, 0.2) is 0 Å². The summed E-state index contributed by atoms with van der Waals surface area (Å²) >= 11 is 0. The second-order valence-electron chi connectivity index (χ2n) is 2.89. The molecular formula is C10H16N2O. The van der Waals surface area contributed by atoms with Crippen molar-refractivity contribution in [1.29, 1.82) is 0 Å². The van der Waals surface area contributed by atoms with Gasteiger partial charge in [-0.1, -0.05) is 6.92 Å². The molecule has 0 saturated heterocycles. The van der Waals surface area contributed by atoms with Gasteiger partial charge in [0.1, 0.15) is 5.82 Å². The fraction of sp³-hybridized carbons (Fsp3) is 0.500. The number of pyridine rings is 1. The number of nitrogens with one attached hydrogen (secondary N) is 1. The van der Waals surface area contributed by atoms with E-state index in [1.165, 1.54) is 0 Å². The highest BCUT2D eigenvalue weighted by Crippen LogP contribution is 2.10. The van der Waals surface area contributed by atoms with E-state index >= 15 is 0 Å². The molecule has 13 heavy (non-hydrogen) atoms. The van der Waals surface area contributed by atoms with Crippen LogP contribution < -0.4 is 5.32 Å². The first kappa shape index (κ1) is 9.99. The van der Waals surface area contributed by atoms with E-state index in [1.54, 1.807) is 0 Å². The zero-order chi connectivity index (χ0) is 9.68. The van der Waals surface area contributed by atoms with E-state index in [-0.39, 0.29) is 6.61 Å². The first-order chi connectivity index (χ1) is 6.30. The van der Waals surface area contributed by atoms with Gasteiger partial charge in [0.05, 0.1) is 6.61 Å². The van der Waals surface area contributed by atoms with Crippen LogP contribution in [-0.4, -0.2) is 16.6 Å². The molecule has 0 aliphatic rings. The van der Waals surface area contributed by atoms with Gasteiger partial charge in [0.25, 0.3) is 0 Å². The Morgan fingerprint density at radius 3 is 2.69 bits per heavy atom. The van der Waals surface area contributed by atoms with Crippen LogP contribution in [0.4, 0.5) is 5.82 Å². The zero-order valence-corrected chi connectivity index (χ0v) is 8.17. The van der Waals surface area contributed by atoms with Crippen molar-refractivity contribution < 1.29 is 5.11 Å². The first-order valence-electron chi connectivity index (χ1n) is 4.64. The second kappa shape index (κ2) is 4.82. The molecule has 1 aromatic rings. The predicted molar refractivity (Wildman–Crippen MR) is 53.7 cm³/mol. The molecule has 0 fully saturated rings. The Labute approximate surface area is 78.8 Å². The van der Waals surface area contributed by atoms with E-state index in [0.717, 1.165) is 30.0 Å². The van der Waals surface area contributed by atoms with Crippen molar-refractivity contribution in [2.24, 2.45) is 0 Å². The third-order valence-electron chi connectivity index (χ3n) is 1.84. The van der Waals surface area contributed by atoms with Crippen LogP contribution in [0.5, 0.6) is 0 Å². The lowest BCUT2D eigenvalue weighted by Crippen LogP contribution is -2.02. The van der Waals surface area contributed by atoms with E-state index in [4.69, 9.17) is 5.11 Å². The Morgan fingerprint density at radius 2 is 2.15 bits per heavy atom. The van der Waals surface area contributed by atoms with Crippen LogP contribution >= 0.6 is 0 Å². The van der Waals surface area contributed by atoms with E-state index in [1.807, 2.05) is 19.1 Å². The molecule has 1 aromatic heterocycles. The molecule has 0 atom stereocenters. The smallest absolute Gasteiger partial charge is 0.126 e. The Morgan fingerprint density at radius 1 is 1.38 bits per heavy atom. The molecule has 0 saturated carbocycles. The van der Waals surface area contributed by atoms with E-state index in [2.05, 4.69) is 17.2 Å². The maximum atomic E-state index is 8.99. The third-order valence-corrected chi connectivity index (χ3v) is 1.84. The Hall–Kier alpha value is -1.09. The number of rotatable bonds is 4. The average molecular weight is 180 g/mol. The second-order valence-corrected chi connectivity index (χ2v) is 2.89. The molecule has 2 N–H and O–H groups in total. The predicted octanol–water partition coefficient (Wildman–Crippen LogP) is 1.57. The van der Waals surface area contributed by atoms with Crippen LogP contribution in [0.3, 0.4) is 0 Å². The molecule has 3 nitrogen and oxygen atoms in total. The van der Waals surface area contributed by atoms with Crippen molar-refractivity contribution in [3.8, 4) is 0 Å². The van der Waals surface area contributed by atoms with Crippen LogP contribution in [-0.2, 0) is 13.0 Å². The summed E-state index contributed by atoms with van der Waals surface area (Å²) < 4.78 is 0. The van der Waals surface area contributed by atoms with Crippen LogP contribution in [0.2, 0.25) is 0 Å². The molecule has 1 rings (SSSR count). The summed E-state index contributed by atoms with van der Waals surface area (Å²) in [6, 6.07) is 3.81. The van der Waals surface area contributed by atoms with Gasteiger partial charge < -0.3 is 10.4 Å². The van der Waals surface area contributed by atoms with Crippen molar-refractivity contribution in [3.63, 3.8) is 0 Å². The monoisotopic (exact) mass is 180 g/mol. The standard InChI is InChI=1S/C10H16N2O/c1-3-9-5-8(7-13)6-10(12-9)11-4-2/h5-6,13H,3-4,7H2,1-2H3,(H,11,12). The summed E-state index contributed by atoms with van der Waals surface area (Å²) in [5.41, 5.74) is 1.94. The van der Waals surface area contributed by atoms with Crippen molar-refractivity contribution in [2.45, 2.75) is 26.9 Å². The zero-order valence-electron chi connectivity index (χ0n) is 8.17. The Bertz CT molecular complexity index is 251. The van der Waals surface area contributed by atoms with Crippen molar-refractivity contribution in [2.75, 3.05) is 11.9 Å². The number of anilines is 1. The first-order valence-corrected chi connectivity index (χ1v) is 4.64. The lowest BCUT2D eigenvalue weighted by Gasteiger charge is -2.06. The number of aliphatic hydroxyl groups excluding tert-OH is 1. The van der Waals surface area contributed by atoms with Gasteiger partial charge in [-0.05, 0) is 31.0 Å². The van der Waals surface area contributed by atoms with Gasteiger partial charge in [-0.3, -0.25) is 0 Å². The molecule has 0 amide bonds. The minimum absolute atomic E-state index is 0.0773. The molecule has 0 aliphatic carbocycles. The Kier molecular flexibility index (Phi) is 3.71. The van der Waals surface area contributed by atoms with Gasteiger partial charge in [0.2, 0.25) is 0 Å². The molecule has 0 spiro atoms. The maximum Gasteiger partial charge on any atom is 0.126 e. The molecule has 1 heterocycles. The minimum atomic E-state index is 0.0773. The molecule has 0 bridgehead atoms. The molecule has 72 valence electrons. The van der Waals surface area contributed by atoms with Crippen LogP contribution in [0.15, 0.2) is 12.1 Å². The van der Waals surface area contributed by atoms with E-state index in [0.29, 0.717) is 0 Å². The highest BCUT2D eigenvalue weighted by molar-refractivity contribution is 5.39. The van der Waals surface area contributed by atoms with E-state index in [9.17, 15) is 0 Å². The maximum absolute atomic E-state index is 8.99. The number of hydrogen-bond acceptors (Lipinski definition) is 3. The van der Waals surface area contributed by atoms with Gasteiger partial charge >= 0.3 is 0 Å². The quantitative estimate of drug-likeness (QED) is 0.739. The molecule has 0 aromatic carbocycles. The molecule has 0 unspecified atom stereocenters. The van der Waals surface area contributed by atoms with E-state index < -0.39 is 0 Å². The SMILES string of the molecule is CCNc1cc(CO)cc(CC)n1. The average Bonchev–Trinajstić information content (AvgIpc) is 2.17. The van der Waals surface area contributed by atoms with Crippen LogP contribution in [0.1, 0.15) is 25.1 Å². The largest absolute Gasteiger partial charge is 0.392 e. The number of aliphatic hydroxyl groups is 1. The summed E-state index contributed by atoms with van der Waals surface area (Å²) in [7, 11) is 0. The summed E-state index contributed by atoms with van der Waals surface area (Å²) in [4.78, 5) is 4.37. The lowest BCUT2D eigenvalue weighted by atomic mass is 10.2. The van der Waals surface area contributed by atoms with Gasteiger partial charge in [-0.2, -0.15) is 0 Å². The van der Waals surface area contributed by atoms with Crippen molar-refractivity contribution >= 4 is 5.82 Å². The fourth-order valence-corrected chi connectivity index (χ4v) is 1.19. The van der Waals surface area contributed by atoms with Crippen LogP contribution in [0, 0.1) is 0 Å². The minimum Gasteiger partial charge on any atom is -0.392 e. The number of hydrogen-bond donors (Lipinski definition) is 2. The molecular weight excluding hydrogens is 164 g/mol. The molecule has 3 heteroatoms. The third kappa shape index (κ3) is 2.70. The normalized spacial score (nSPS) is 10.1. The lowest BCUT2D eigenvalue weighted by molar-refractivity contribution is 0.281. The van der Waals surface area contributed by atoms with Crippen LogP contribution in [0.25, 0.3) is 0 Å². The number of aryl methyl sites for hydroxylation is 1. The van der Waals surface area contributed by atoms with Crippen molar-refractivity contribution in [3.05, 3.63) is 23.4 Å².